The predicted octanol–water partition coefficient (Wildman–Crippen LogP) is 2.72. The van der Waals surface area contributed by atoms with Gasteiger partial charge in [0.25, 0.3) is 0 Å². The van der Waals surface area contributed by atoms with E-state index in [9.17, 15) is 4.79 Å². The highest BCUT2D eigenvalue weighted by Gasteiger charge is 2.13. The minimum Gasteiger partial charge on any atom is -0.370 e. The Balaban J connectivity index is 1.54. The lowest BCUT2D eigenvalue weighted by molar-refractivity contribution is 0.251. The predicted molar refractivity (Wildman–Crippen MR) is 90.5 cm³/mol. The number of rotatable bonds is 5. The van der Waals surface area contributed by atoms with Gasteiger partial charge in [0.2, 0.25) is 0 Å². The molecule has 3 N–H and O–H groups in total. The van der Waals surface area contributed by atoms with Crippen LogP contribution >= 0.6 is 0 Å². The minimum atomic E-state index is -0.253. The summed E-state index contributed by atoms with van der Waals surface area (Å²) in [6.45, 7) is 3.27. The third-order valence-corrected chi connectivity index (χ3v) is 3.81. The maximum Gasteiger partial charge on any atom is 0.320 e. The first-order chi connectivity index (χ1) is 11.2. The lowest BCUT2D eigenvalue weighted by Crippen LogP contribution is -2.28. The van der Waals surface area contributed by atoms with Crippen molar-refractivity contribution in [3.63, 3.8) is 0 Å². The monoisotopic (exact) mass is 311 g/mol. The van der Waals surface area contributed by atoms with Gasteiger partial charge in [-0.25, -0.2) is 14.8 Å². The van der Waals surface area contributed by atoms with Crippen LogP contribution in [-0.4, -0.2) is 22.5 Å². The SMILES string of the molecule is CCNc1cc(CNC(=O)Nc2ccc3c(n2)CCC3)ccn1. The smallest absolute Gasteiger partial charge is 0.320 e. The van der Waals surface area contributed by atoms with Crippen LogP contribution in [0.15, 0.2) is 30.5 Å². The zero-order valence-corrected chi connectivity index (χ0v) is 13.2. The van der Waals surface area contributed by atoms with Gasteiger partial charge < -0.3 is 10.6 Å². The molecule has 2 heterocycles. The minimum absolute atomic E-state index is 0.253. The van der Waals surface area contributed by atoms with Crippen molar-refractivity contribution in [2.24, 2.45) is 0 Å². The van der Waals surface area contributed by atoms with Crippen molar-refractivity contribution in [3.8, 4) is 0 Å². The molecule has 120 valence electrons. The van der Waals surface area contributed by atoms with Gasteiger partial charge in [-0.3, -0.25) is 5.32 Å². The molecule has 0 unspecified atom stereocenters. The molecular weight excluding hydrogens is 290 g/mol. The number of nitrogens with one attached hydrogen (secondary N) is 3. The molecule has 23 heavy (non-hydrogen) atoms. The van der Waals surface area contributed by atoms with Crippen LogP contribution in [0.25, 0.3) is 0 Å². The van der Waals surface area contributed by atoms with E-state index >= 15 is 0 Å². The maximum atomic E-state index is 12.0. The van der Waals surface area contributed by atoms with Crippen molar-refractivity contribution >= 4 is 17.7 Å². The lowest BCUT2D eigenvalue weighted by Gasteiger charge is -2.09. The average Bonchev–Trinajstić information content (AvgIpc) is 3.01. The summed E-state index contributed by atoms with van der Waals surface area (Å²) in [6.07, 6.45) is 4.96. The van der Waals surface area contributed by atoms with Crippen molar-refractivity contribution in [1.82, 2.24) is 15.3 Å². The zero-order chi connectivity index (χ0) is 16.1. The van der Waals surface area contributed by atoms with Crippen LogP contribution in [0.4, 0.5) is 16.4 Å². The number of amides is 2. The van der Waals surface area contributed by atoms with E-state index in [1.807, 2.05) is 25.1 Å². The Kier molecular flexibility index (Phi) is 4.71. The number of carbonyl (C=O) groups is 1. The molecule has 1 aliphatic carbocycles. The van der Waals surface area contributed by atoms with Crippen molar-refractivity contribution < 1.29 is 4.79 Å². The first-order valence-corrected chi connectivity index (χ1v) is 7.97. The van der Waals surface area contributed by atoms with Gasteiger partial charge in [-0.15, -0.1) is 0 Å². The summed E-state index contributed by atoms with van der Waals surface area (Å²) in [5, 5.41) is 8.78. The van der Waals surface area contributed by atoms with Gasteiger partial charge in [0.15, 0.2) is 0 Å². The van der Waals surface area contributed by atoms with Gasteiger partial charge >= 0.3 is 6.03 Å². The molecule has 2 amide bonds. The summed E-state index contributed by atoms with van der Waals surface area (Å²) < 4.78 is 0. The van der Waals surface area contributed by atoms with Crippen LogP contribution in [0, 0.1) is 0 Å². The number of hydrogen-bond donors (Lipinski definition) is 3. The molecule has 2 aromatic rings. The number of pyridine rings is 2. The van der Waals surface area contributed by atoms with Crippen molar-refractivity contribution in [3.05, 3.63) is 47.3 Å². The molecule has 1 aliphatic rings. The summed E-state index contributed by atoms with van der Waals surface area (Å²) in [4.78, 5) is 20.7. The topological polar surface area (TPSA) is 78.9 Å². The summed E-state index contributed by atoms with van der Waals surface area (Å²) in [5.41, 5.74) is 3.39. The standard InChI is InChI=1S/C17H21N5O/c1-2-18-16-10-12(8-9-19-16)11-20-17(23)22-15-7-6-13-4-3-5-14(13)21-15/h6-10H,2-5,11H2,1H3,(H,18,19)(H2,20,21,22,23). The zero-order valence-electron chi connectivity index (χ0n) is 13.2. The average molecular weight is 311 g/mol. The summed E-state index contributed by atoms with van der Waals surface area (Å²) in [7, 11) is 0. The molecule has 0 aliphatic heterocycles. The third kappa shape index (κ3) is 3.97. The summed E-state index contributed by atoms with van der Waals surface area (Å²) >= 11 is 0. The fourth-order valence-corrected chi connectivity index (χ4v) is 2.70. The maximum absolute atomic E-state index is 12.0. The number of urea groups is 1. The molecule has 0 saturated heterocycles. The second-order valence-corrected chi connectivity index (χ2v) is 5.54. The Morgan fingerprint density at radius 2 is 2.13 bits per heavy atom. The van der Waals surface area contributed by atoms with Gasteiger partial charge in [0.1, 0.15) is 11.6 Å². The van der Waals surface area contributed by atoms with Gasteiger partial charge in [0.05, 0.1) is 0 Å². The van der Waals surface area contributed by atoms with Gasteiger partial charge in [-0.1, -0.05) is 6.07 Å². The highest BCUT2D eigenvalue weighted by Crippen LogP contribution is 2.21. The van der Waals surface area contributed by atoms with E-state index in [2.05, 4.69) is 32.0 Å². The fraction of sp³-hybridized carbons (Fsp3) is 0.353. The van der Waals surface area contributed by atoms with Crippen LogP contribution in [0.1, 0.15) is 30.2 Å². The Hall–Kier alpha value is -2.63. The number of hydrogen-bond acceptors (Lipinski definition) is 4. The van der Waals surface area contributed by atoms with E-state index in [4.69, 9.17) is 0 Å². The molecule has 6 nitrogen and oxygen atoms in total. The van der Waals surface area contributed by atoms with Crippen LogP contribution in [-0.2, 0) is 19.4 Å². The van der Waals surface area contributed by atoms with Crippen LogP contribution in [0.2, 0.25) is 0 Å². The van der Waals surface area contributed by atoms with Crippen molar-refractivity contribution in [2.75, 3.05) is 17.2 Å². The Morgan fingerprint density at radius 1 is 1.22 bits per heavy atom. The molecule has 0 fully saturated rings. The van der Waals surface area contributed by atoms with Crippen LogP contribution in [0.3, 0.4) is 0 Å². The number of carbonyl (C=O) groups excluding carboxylic acids is 1. The van der Waals surface area contributed by atoms with E-state index in [0.29, 0.717) is 12.4 Å². The first-order valence-electron chi connectivity index (χ1n) is 7.97. The Morgan fingerprint density at radius 3 is 3.00 bits per heavy atom. The first kappa shape index (κ1) is 15.3. The van der Waals surface area contributed by atoms with Crippen molar-refractivity contribution in [2.45, 2.75) is 32.7 Å². The summed E-state index contributed by atoms with van der Waals surface area (Å²) in [6, 6.07) is 7.47. The molecular formula is C17H21N5O. The molecule has 0 bridgehead atoms. The largest absolute Gasteiger partial charge is 0.370 e. The quantitative estimate of drug-likeness (QED) is 0.793. The molecule has 3 rings (SSSR count). The fourth-order valence-electron chi connectivity index (χ4n) is 2.70. The van der Waals surface area contributed by atoms with E-state index in [1.54, 1.807) is 6.20 Å². The normalized spacial score (nSPS) is 12.6. The van der Waals surface area contributed by atoms with Crippen LogP contribution in [0.5, 0.6) is 0 Å². The van der Waals surface area contributed by atoms with Gasteiger partial charge in [-0.2, -0.15) is 0 Å². The number of aromatic nitrogens is 2. The van der Waals surface area contributed by atoms with E-state index in [0.717, 1.165) is 42.9 Å². The van der Waals surface area contributed by atoms with E-state index < -0.39 is 0 Å². The highest BCUT2D eigenvalue weighted by molar-refractivity contribution is 5.88. The molecule has 0 spiro atoms. The molecule has 0 saturated carbocycles. The number of nitrogens with zero attached hydrogens (tertiary/aromatic N) is 2. The van der Waals surface area contributed by atoms with Crippen LogP contribution < -0.4 is 16.0 Å². The molecule has 2 aromatic heterocycles. The number of fused-ring (bicyclic) bond motifs is 1. The van der Waals surface area contributed by atoms with E-state index in [1.165, 1.54) is 5.56 Å². The second-order valence-electron chi connectivity index (χ2n) is 5.54. The Labute approximate surface area is 135 Å². The number of aryl methyl sites for hydroxylation is 2. The van der Waals surface area contributed by atoms with E-state index in [-0.39, 0.29) is 6.03 Å². The summed E-state index contributed by atoms with van der Waals surface area (Å²) in [5.74, 6) is 1.42. The molecule has 0 radical (unpaired) electrons. The molecule has 0 atom stereocenters. The second kappa shape index (κ2) is 7.09. The molecule has 0 aromatic carbocycles. The van der Waals surface area contributed by atoms with Crippen molar-refractivity contribution in [1.29, 1.82) is 0 Å². The highest BCUT2D eigenvalue weighted by atomic mass is 16.2. The number of anilines is 2. The lowest BCUT2D eigenvalue weighted by atomic mass is 10.2. The van der Waals surface area contributed by atoms with Gasteiger partial charge in [-0.05, 0) is 55.5 Å². The third-order valence-electron chi connectivity index (χ3n) is 3.81. The molecule has 6 heteroatoms. The van der Waals surface area contributed by atoms with Gasteiger partial charge in [0, 0.05) is 25.0 Å². The Bertz CT molecular complexity index is 701.